The van der Waals surface area contributed by atoms with Gasteiger partial charge in [0, 0.05) is 23.9 Å². The fourth-order valence-electron chi connectivity index (χ4n) is 1.05. The third-order valence-electron chi connectivity index (χ3n) is 1.76. The zero-order chi connectivity index (χ0) is 11.3. The molecule has 0 saturated heterocycles. The Morgan fingerprint density at radius 3 is 2.87 bits per heavy atom. The third-order valence-corrected chi connectivity index (χ3v) is 2.16. The van der Waals surface area contributed by atoms with Crippen LogP contribution < -0.4 is 10.5 Å². The van der Waals surface area contributed by atoms with E-state index in [4.69, 9.17) is 10.5 Å². The van der Waals surface area contributed by atoms with Gasteiger partial charge in [0.05, 0.1) is 18.4 Å². The van der Waals surface area contributed by atoms with E-state index < -0.39 is 5.82 Å². The van der Waals surface area contributed by atoms with Crippen LogP contribution in [0, 0.1) is 17.7 Å². The molecule has 80 valence electrons. The molecule has 0 atom stereocenters. The van der Waals surface area contributed by atoms with Crippen molar-refractivity contribution < 1.29 is 9.13 Å². The van der Waals surface area contributed by atoms with E-state index in [0.717, 1.165) is 5.33 Å². The Balaban J connectivity index is 3.04. The molecular weight excluding hydrogens is 261 g/mol. The molecule has 0 amide bonds. The summed E-state index contributed by atoms with van der Waals surface area (Å²) in [6.45, 7) is 0. The van der Waals surface area contributed by atoms with Crippen LogP contribution in [0.25, 0.3) is 0 Å². The quantitative estimate of drug-likeness (QED) is 0.510. The lowest BCUT2D eigenvalue weighted by atomic mass is 10.1. The van der Waals surface area contributed by atoms with E-state index >= 15 is 0 Å². The first-order chi connectivity index (χ1) is 7.19. The normalized spacial score (nSPS) is 9.27. The molecule has 0 radical (unpaired) electrons. The minimum atomic E-state index is -0.421. The topological polar surface area (TPSA) is 35.2 Å². The van der Waals surface area contributed by atoms with Crippen LogP contribution in [0.1, 0.15) is 12.0 Å². The number of benzene rings is 1. The molecule has 1 aromatic carbocycles. The van der Waals surface area contributed by atoms with Crippen LogP contribution in [0.4, 0.5) is 10.1 Å². The molecule has 15 heavy (non-hydrogen) atoms. The van der Waals surface area contributed by atoms with Crippen LogP contribution in [0.15, 0.2) is 12.1 Å². The van der Waals surface area contributed by atoms with Crippen LogP contribution >= 0.6 is 15.9 Å². The second kappa shape index (κ2) is 5.62. The van der Waals surface area contributed by atoms with Crippen molar-refractivity contribution in [3.63, 3.8) is 0 Å². The van der Waals surface area contributed by atoms with Gasteiger partial charge in [0.1, 0.15) is 11.6 Å². The van der Waals surface area contributed by atoms with Gasteiger partial charge in [-0.3, -0.25) is 0 Å². The van der Waals surface area contributed by atoms with Crippen molar-refractivity contribution in [1.29, 1.82) is 0 Å². The predicted molar refractivity (Wildman–Crippen MR) is 62.7 cm³/mol. The maximum Gasteiger partial charge on any atom is 0.143 e. The van der Waals surface area contributed by atoms with Crippen molar-refractivity contribution in [1.82, 2.24) is 0 Å². The van der Waals surface area contributed by atoms with E-state index in [1.54, 1.807) is 0 Å². The average molecular weight is 272 g/mol. The standard InChI is InChI=1S/C11H11BrFNO/c1-15-11-6-8(4-2-3-5-12)9(13)7-10(11)14/h6-7H,3,5,14H2,1H3. The second-order valence-corrected chi connectivity index (χ2v) is 3.61. The third kappa shape index (κ3) is 3.14. The number of rotatable bonds is 2. The predicted octanol–water partition coefficient (Wildman–Crippen LogP) is 2.55. The highest BCUT2D eigenvalue weighted by molar-refractivity contribution is 9.09. The number of nitrogen functional groups attached to an aromatic ring is 1. The monoisotopic (exact) mass is 271 g/mol. The summed E-state index contributed by atoms with van der Waals surface area (Å²) in [4.78, 5) is 0. The molecule has 0 aliphatic rings. The van der Waals surface area contributed by atoms with E-state index in [9.17, 15) is 4.39 Å². The summed E-state index contributed by atoms with van der Waals surface area (Å²) in [5.41, 5.74) is 6.12. The molecule has 0 heterocycles. The van der Waals surface area contributed by atoms with Crippen LogP contribution in [0.3, 0.4) is 0 Å². The van der Waals surface area contributed by atoms with E-state index in [1.165, 1.54) is 19.2 Å². The lowest BCUT2D eigenvalue weighted by Gasteiger charge is -2.05. The minimum absolute atomic E-state index is 0.279. The molecule has 0 spiro atoms. The Hall–Kier alpha value is -1.21. The van der Waals surface area contributed by atoms with Crippen LogP contribution in [0.5, 0.6) is 5.75 Å². The maximum absolute atomic E-state index is 13.3. The van der Waals surface area contributed by atoms with E-state index in [-0.39, 0.29) is 5.69 Å². The zero-order valence-electron chi connectivity index (χ0n) is 8.31. The highest BCUT2D eigenvalue weighted by atomic mass is 79.9. The van der Waals surface area contributed by atoms with Gasteiger partial charge in [-0.1, -0.05) is 27.8 Å². The van der Waals surface area contributed by atoms with Gasteiger partial charge in [-0.15, -0.1) is 0 Å². The molecule has 4 heteroatoms. The largest absolute Gasteiger partial charge is 0.495 e. The molecule has 0 aliphatic carbocycles. The molecule has 2 N–H and O–H groups in total. The first kappa shape index (κ1) is 11.9. The Morgan fingerprint density at radius 2 is 2.27 bits per heavy atom. The number of anilines is 1. The van der Waals surface area contributed by atoms with Crippen molar-refractivity contribution in [2.24, 2.45) is 0 Å². The van der Waals surface area contributed by atoms with Gasteiger partial charge in [-0.2, -0.15) is 0 Å². The summed E-state index contributed by atoms with van der Waals surface area (Å²) >= 11 is 3.24. The van der Waals surface area contributed by atoms with Gasteiger partial charge in [-0.05, 0) is 0 Å². The van der Waals surface area contributed by atoms with Gasteiger partial charge >= 0.3 is 0 Å². The van der Waals surface area contributed by atoms with Crippen molar-refractivity contribution in [2.75, 3.05) is 18.2 Å². The molecule has 0 bridgehead atoms. The Kier molecular flexibility index (Phi) is 4.44. The van der Waals surface area contributed by atoms with Crippen LogP contribution in [-0.2, 0) is 0 Å². The van der Waals surface area contributed by atoms with Crippen LogP contribution in [-0.4, -0.2) is 12.4 Å². The number of nitrogens with two attached hydrogens (primary N) is 1. The van der Waals surface area contributed by atoms with Gasteiger partial charge in [-0.25, -0.2) is 4.39 Å². The number of hydrogen-bond donors (Lipinski definition) is 1. The molecule has 2 nitrogen and oxygen atoms in total. The lowest BCUT2D eigenvalue weighted by molar-refractivity contribution is 0.416. The number of ether oxygens (including phenoxy) is 1. The molecule has 0 aromatic heterocycles. The highest BCUT2D eigenvalue weighted by Gasteiger charge is 2.05. The number of hydrogen-bond acceptors (Lipinski definition) is 2. The van der Waals surface area contributed by atoms with Gasteiger partial charge in [0.25, 0.3) is 0 Å². The Morgan fingerprint density at radius 1 is 1.53 bits per heavy atom. The van der Waals surface area contributed by atoms with Crippen molar-refractivity contribution in [2.45, 2.75) is 6.42 Å². The van der Waals surface area contributed by atoms with E-state index in [2.05, 4.69) is 27.8 Å². The van der Waals surface area contributed by atoms with Gasteiger partial charge < -0.3 is 10.5 Å². The smallest absolute Gasteiger partial charge is 0.143 e. The number of methoxy groups -OCH3 is 1. The fourth-order valence-corrected chi connectivity index (χ4v) is 1.24. The summed E-state index contributed by atoms with van der Waals surface area (Å²) in [6.07, 6.45) is 0.673. The van der Waals surface area contributed by atoms with E-state index in [1.807, 2.05) is 0 Å². The van der Waals surface area contributed by atoms with Gasteiger partial charge in [0.15, 0.2) is 0 Å². The fraction of sp³-hybridized carbons (Fsp3) is 0.273. The molecule has 1 aromatic rings. The lowest BCUT2D eigenvalue weighted by Crippen LogP contribution is -1.95. The first-order valence-corrected chi connectivity index (χ1v) is 5.49. The average Bonchev–Trinajstić information content (AvgIpc) is 2.21. The summed E-state index contributed by atoms with van der Waals surface area (Å²) in [5.74, 6) is 5.58. The summed E-state index contributed by atoms with van der Waals surface area (Å²) < 4.78 is 18.3. The molecule has 0 saturated carbocycles. The number of halogens is 2. The van der Waals surface area contributed by atoms with Crippen molar-refractivity contribution in [3.8, 4) is 17.6 Å². The van der Waals surface area contributed by atoms with Crippen molar-refractivity contribution in [3.05, 3.63) is 23.5 Å². The maximum atomic E-state index is 13.3. The van der Waals surface area contributed by atoms with Gasteiger partial charge in [0.2, 0.25) is 0 Å². The van der Waals surface area contributed by atoms with Crippen molar-refractivity contribution >= 4 is 21.6 Å². The molecule has 0 unspecified atom stereocenters. The Bertz CT molecular complexity index is 409. The minimum Gasteiger partial charge on any atom is -0.495 e. The Labute approximate surface area is 96.7 Å². The molecule has 0 fully saturated rings. The second-order valence-electron chi connectivity index (χ2n) is 2.81. The summed E-state index contributed by atoms with van der Waals surface area (Å²) in [5, 5.41) is 0.772. The van der Waals surface area contributed by atoms with Crippen LogP contribution in [0.2, 0.25) is 0 Å². The molecule has 0 aliphatic heterocycles. The molecular formula is C11H11BrFNO. The number of alkyl halides is 1. The zero-order valence-corrected chi connectivity index (χ0v) is 9.90. The summed E-state index contributed by atoms with van der Waals surface area (Å²) in [7, 11) is 1.49. The SMILES string of the molecule is COc1cc(C#CCCBr)c(F)cc1N. The molecule has 1 rings (SSSR count). The first-order valence-electron chi connectivity index (χ1n) is 4.37. The summed E-state index contributed by atoms with van der Waals surface area (Å²) in [6, 6.07) is 2.73. The highest BCUT2D eigenvalue weighted by Crippen LogP contribution is 2.24. The van der Waals surface area contributed by atoms with E-state index in [0.29, 0.717) is 17.7 Å².